The van der Waals surface area contributed by atoms with Gasteiger partial charge in [0.25, 0.3) is 5.91 Å². The normalized spacial score (nSPS) is 14.2. The van der Waals surface area contributed by atoms with Gasteiger partial charge in [-0.1, -0.05) is 206 Å². The molecule has 0 saturated heterocycles. The van der Waals surface area contributed by atoms with Crippen LogP contribution in [0.4, 0.5) is 0 Å². The van der Waals surface area contributed by atoms with Gasteiger partial charge in [-0.25, -0.2) is 15.0 Å². The van der Waals surface area contributed by atoms with Crippen molar-refractivity contribution in [2.75, 3.05) is 0 Å². The molecule has 512 valence electrons. The fraction of sp³-hybridized carbons (Fsp3) is 0.472. The molecule has 0 saturated carbocycles. The minimum Gasteiger partial charge on any atom is -0.421 e. The summed E-state index contributed by atoms with van der Waals surface area (Å²) in [7, 11) is 33.2. The van der Waals surface area contributed by atoms with E-state index in [0.29, 0.717) is 86.9 Å². The summed E-state index contributed by atoms with van der Waals surface area (Å²) in [6, 6.07) is 1.90. The molecule has 6 aliphatic rings. The van der Waals surface area contributed by atoms with Crippen LogP contribution in [-0.4, -0.2) is 149 Å². The Kier molecular flexibility index (Phi) is 33.9. The zero-order valence-corrected chi connectivity index (χ0v) is 63.3. The van der Waals surface area contributed by atoms with E-state index in [2.05, 4.69) is 266 Å². The van der Waals surface area contributed by atoms with E-state index < -0.39 is 0 Å². The van der Waals surface area contributed by atoms with Crippen LogP contribution in [0, 0.1) is 32.5 Å². The lowest BCUT2D eigenvalue weighted by molar-refractivity contribution is 0.0907. The first kappa shape index (κ1) is 87.5. The van der Waals surface area contributed by atoms with Gasteiger partial charge in [0, 0.05) is 120 Å². The van der Waals surface area contributed by atoms with Gasteiger partial charge in [-0.05, 0) is 38.6 Å². The second kappa shape index (κ2) is 38.0. The summed E-state index contributed by atoms with van der Waals surface area (Å²) >= 11 is 0. The summed E-state index contributed by atoms with van der Waals surface area (Å²) in [5, 5.41) is 22.4. The van der Waals surface area contributed by atoms with Gasteiger partial charge >= 0.3 is 0 Å². The SMILES string of the molecule is CC(C)(C)C.CC(C)(C)C.CC(C)(C)C.CC(C)(C)C.CC(C)(C)C.CC(C)(C)C.[B]N1C(=C)c2cnncc2C1=O.[B]N1C(=C)c2nccnc2C1=O.[B]N1Cc2ccnnc2C1=C.[B]N1Cc2cncnc2C1=C.[B]N1Cc2cnncc2C1=C.[B]N1Cc2nccnc2C1=C. The second-order valence-corrected chi connectivity index (χ2v) is 32.7. The molecule has 26 heteroatoms. The van der Waals surface area contributed by atoms with Crippen molar-refractivity contribution in [2.24, 2.45) is 32.5 Å². The van der Waals surface area contributed by atoms with E-state index in [1.165, 1.54) is 31.1 Å². The largest absolute Gasteiger partial charge is 0.421 e. The molecular weight excluding hydrogens is 1210 g/mol. The predicted molar refractivity (Wildman–Crippen MR) is 406 cm³/mol. The van der Waals surface area contributed by atoms with Gasteiger partial charge in [0.2, 0.25) is 53.8 Å². The van der Waals surface area contributed by atoms with E-state index in [4.69, 9.17) is 47.9 Å². The first-order chi connectivity index (χ1) is 44.6. The molecule has 6 aromatic heterocycles. The van der Waals surface area contributed by atoms with Crippen LogP contribution >= 0.6 is 0 Å². The smallest absolute Gasteiger partial charge is 0.266 e. The average Bonchev–Trinajstić information content (AvgIpc) is 1.67. The van der Waals surface area contributed by atoms with Crippen LogP contribution in [0.2, 0.25) is 0 Å². The number of carbonyl (C=O) groups excluding carboxylic acids is 2. The monoisotopic (exact) mass is 1320 g/mol. The molecule has 98 heavy (non-hydrogen) atoms. The topological polar surface area (TPSA) is 208 Å². The van der Waals surface area contributed by atoms with E-state index in [0.717, 1.165) is 77.4 Å². The summed E-state index contributed by atoms with van der Waals surface area (Å²) in [5.41, 5.74) is 16.4. The Hall–Kier alpha value is -8.55. The van der Waals surface area contributed by atoms with Crippen molar-refractivity contribution in [3.8, 4) is 0 Å². The van der Waals surface area contributed by atoms with Crippen LogP contribution in [0.3, 0.4) is 0 Å². The fourth-order valence-electron chi connectivity index (χ4n) is 6.73. The molecule has 0 atom stereocenters. The number of hydrogen-bond donors (Lipinski definition) is 0. The number of fused-ring (bicyclic) bond motifs is 6. The van der Waals surface area contributed by atoms with Crippen LogP contribution in [0.15, 0.2) is 114 Å². The van der Waals surface area contributed by atoms with E-state index in [-0.39, 0.29) is 17.5 Å². The van der Waals surface area contributed by atoms with Gasteiger partial charge in [0.15, 0.2) is 5.69 Å². The molecule has 0 unspecified atom stereocenters. The minimum atomic E-state index is -0.358. The number of hydrogen-bond acceptors (Lipinski definition) is 18. The van der Waals surface area contributed by atoms with Crippen LogP contribution in [-0.2, 0) is 26.2 Å². The van der Waals surface area contributed by atoms with Crippen molar-refractivity contribution in [3.05, 3.63) is 181 Å². The summed E-state index contributed by atoms with van der Waals surface area (Å²) in [6.45, 7) is 77.5. The first-order valence-electron chi connectivity index (χ1n) is 31.8. The predicted octanol–water partition coefficient (Wildman–Crippen LogP) is 13.7. The molecule has 0 spiro atoms. The lowest BCUT2D eigenvalue weighted by Gasteiger charge is -2.10. The van der Waals surface area contributed by atoms with Gasteiger partial charge in [0.05, 0.1) is 47.4 Å². The lowest BCUT2D eigenvalue weighted by Crippen LogP contribution is -2.18. The van der Waals surface area contributed by atoms with Crippen molar-refractivity contribution >= 4 is 93.9 Å². The molecule has 0 bridgehead atoms. The molecule has 0 aromatic carbocycles. The minimum absolute atomic E-state index is 0.269. The van der Waals surface area contributed by atoms with E-state index in [1.54, 1.807) is 56.4 Å². The molecule has 6 aromatic rings. The lowest BCUT2D eigenvalue weighted by atomic mass is 10.0. The summed E-state index contributed by atoms with van der Waals surface area (Å²) < 4.78 is 0. The van der Waals surface area contributed by atoms with Crippen LogP contribution in [0.1, 0.15) is 243 Å². The maximum atomic E-state index is 11.3. The zero-order valence-electron chi connectivity index (χ0n) is 63.3. The number of amides is 2. The molecule has 0 N–H and O–H groups in total. The van der Waals surface area contributed by atoms with E-state index >= 15 is 0 Å². The van der Waals surface area contributed by atoms with Crippen molar-refractivity contribution < 1.29 is 9.59 Å². The summed E-state index contributed by atoms with van der Waals surface area (Å²) in [5.74, 6) is -0.645. The number of aromatic nitrogens is 12. The molecule has 20 nitrogen and oxygen atoms in total. The third kappa shape index (κ3) is 34.6. The second-order valence-electron chi connectivity index (χ2n) is 32.7. The third-order valence-corrected chi connectivity index (χ3v) is 10.5. The van der Waals surface area contributed by atoms with E-state index in [9.17, 15) is 9.59 Å². The maximum absolute atomic E-state index is 11.3. The van der Waals surface area contributed by atoms with Crippen LogP contribution in [0.5, 0.6) is 0 Å². The number of nitrogens with zero attached hydrogens (tertiary/aromatic N) is 18. The Bertz CT molecular complexity index is 3130. The van der Waals surface area contributed by atoms with Gasteiger partial charge in [-0.3, -0.25) is 24.5 Å². The standard InChI is InChI=1S/2C7H4BN3O.4C7H6BN3.6C5H12/c1-4-5-2-9-10-3-6(5)7(12)11(4)8;1-4-5-6(7(12)11(4)8)10-3-2-9-5;1-5-7-3-10-9-2-6(7)4-11(5)8;1-5-7-6(3-11(5)8)2-9-4-10-7;1-5-7-6(4-11(5)8)9-2-3-10-7;1-5-7-6(4-11(5)8)2-3-9-10-7;6*1-5(2,3)4/h2*2-3H,1H2;2-3H,1,4H2;2,4H,1,3H2;2*2-3H,1,4H2;6*1-4H3. The highest BCUT2D eigenvalue weighted by Gasteiger charge is 2.30. The molecule has 0 fully saturated rings. The fourth-order valence-corrected chi connectivity index (χ4v) is 6.73. The van der Waals surface area contributed by atoms with Crippen LogP contribution < -0.4 is 0 Å². The van der Waals surface area contributed by atoms with Gasteiger partial charge in [-0.15, -0.1) is 5.10 Å². The Morgan fingerprint density at radius 3 is 1.13 bits per heavy atom. The highest BCUT2D eigenvalue weighted by atomic mass is 16.2. The molecule has 0 aliphatic carbocycles. The van der Waals surface area contributed by atoms with Crippen LogP contribution in [0.25, 0.3) is 34.2 Å². The molecule has 2 amide bonds. The molecule has 12 heterocycles. The Labute approximate surface area is 596 Å². The molecular formula is C72H104B6N18O2. The molecule has 12 rings (SSSR count). The van der Waals surface area contributed by atoms with Crippen molar-refractivity contribution in [3.63, 3.8) is 0 Å². The molecule has 12 radical (unpaired) electrons. The maximum Gasteiger partial charge on any atom is 0.266 e. The highest BCUT2D eigenvalue weighted by Crippen LogP contribution is 2.31. The highest BCUT2D eigenvalue weighted by molar-refractivity contribution is 6.27. The van der Waals surface area contributed by atoms with Crippen molar-refractivity contribution in [1.29, 1.82) is 0 Å². The summed E-state index contributed by atoms with van der Waals surface area (Å²) in [4.78, 5) is 54.7. The quantitative estimate of drug-likeness (QED) is 0.130. The molecule has 6 aliphatic heterocycles. The summed E-state index contributed by atoms with van der Waals surface area (Å²) in [6.07, 6.45) is 17.4. The zero-order chi connectivity index (χ0) is 75.8. The van der Waals surface area contributed by atoms with Crippen molar-refractivity contribution in [1.82, 2.24) is 89.4 Å². The van der Waals surface area contributed by atoms with Gasteiger partial charge < -0.3 is 28.9 Å². The van der Waals surface area contributed by atoms with Crippen molar-refractivity contribution in [2.45, 2.75) is 192 Å². The Morgan fingerprint density at radius 2 is 0.694 bits per heavy atom. The van der Waals surface area contributed by atoms with Gasteiger partial charge in [-0.2, -0.15) is 25.5 Å². The van der Waals surface area contributed by atoms with Gasteiger partial charge in [0.1, 0.15) is 23.4 Å². The first-order valence-corrected chi connectivity index (χ1v) is 31.8. The van der Waals surface area contributed by atoms with E-state index in [1.807, 2.05) is 6.07 Å². The third-order valence-electron chi connectivity index (χ3n) is 10.5. The number of rotatable bonds is 0. The average molecular weight is 1320 g/mol. The Morgan fingerprint density at radius 1 is 0.327 bits per heavy atom. The number of carbonyl (C=O) groups is 2. The Balaban J connectivity index is 0.000000545.